The van der Waals surface area contributed by atoms with Gasteiger partial charge in [-0.25, -0.2) is 0 Å². The normalized spacial score (nSPS) is 12.9. The van der Waals surface area contributed by atoms with Crippen LogP contribution < -0.4 is 0 Å². The summed E-state index contributed by atoms with van der Waals surface area (Å²) in [6.45, 7) is 4.25. The molecule has 0 fully saturated rings. The maximum Gasteiger partial charge on any atom is 0.303 e. The summed E-state index contributed by atoms with van der Waals surface area (Å²) in [5, 5.41) is 8.87. The summed E-state index contributed by atoms with van der Waals surface area (Å²) < 4.78 is 11.8. The van der Waals surface area contributed by atoms with E-state index < -0.39 is 5.97 Å². The first-order chi connectivity index (χ1) is 15.5. The molecular weight excluding hydrogens is 404 g/mol. The van der Waals surface area contributed by atoms with E-state index >= 15 is 0 Å². The van der Waals surface area contributed by atoms with Crippen molar-refractivity contribution in [1.82, 2.24) is 0 Å². The van der Waals surface area contributed by atoms with E-state index in [9.17, 15) is 9.59 Å². The summed E-state index contributed by atoms with van der Waals surface area (Å²) in [5.41, 5.74) is 1.13. The molecule has 0 saturated carbocycles. The number of ether oxygens (including phenoxy) is 2. The molecule has 1 N–H and O–H groups in total. The summed E-state index contributed by atoms with van der Waals surface area (Å²) in [6.07, 6.45) is 13.7. The molecule has 182 valence electrons. The minimum absolute atomic E-state index is 0.0381. The molecule has 0 heterocycles. The van der Waals surface area contributed by atoms with Crippen molar-refractivity contribution in [2.75, 3.05) is 0 Å². The summed E-state index contributed by atoms with van der Waals surface area (Å²) in [4.78, 5) is 22.4. The van der Waals surface area contributed by atoms with E-state index in [4.69, 9.17) is 14.6 Å². The van der Waals surface area contributed by atoms with Gasteiger partial charge in [0.05, 0.1) is 12.7 Å². The molecule has 0 amide bonds. The zero-order valence-corrected chi connectivity index (χ0v) is 20.2. The lowest BCUT2D eigenvalue weighted by atomic mass is 10.00. The van der Waals surface area contributed by atoms with Gasteiger partial charge >= 0.3 is 11.9 Å². The van der Waals surface area contributed by atoms with Gasteiger partial charge in [0.2, 0.25) is 0 Å². The van der Waals surface area contributed by atoms with E-state index in [-0.39, 0.29) is 24.6 Å². The van der Waals surface area contributed by atoms with Gasteiger partial charge in [-0.2, -0.15) is 0 Å². The van der Waals surface area contributed by atoms with E-state index in [1.807, 2.05) is 30.3 Å². The average molecular weight is 449 g/mol. The molecule has 0 aliphatic carbocycles. The van der Waals surface area contributed by atoms with Crippen LogP contribution in [0.3, 0.4) is 0 Å². The van der Waals surface area contributed by atoms with Crippen molar-refractivity contribution < 1.29 is 24.2 Å². The highest BCUT2D eigenvalue weighted by atomic mass is 16.5. The minimum Gasteiger partial charge on any atom is -0.481 e. The molecule has 1 aromatic carbocycles. The molecule has 0 spiro atoms. The molecule has 0 radical (unpaired) electrons. The Labute approximate surface area is 194 Å². The average Bonchev–Trinajstić information content (AvgIpc) is 2.77. The lowest BCUT2D eigenvalue weighted by molar-refractivity contribution is -0.147. The monoisotopic (exact) mass is 448 g/mol. The Hall–Kier alpha value is -1.88. The van der Waals surface area contributed by atoms with Crippen LogP contribution >= 0.6 is 0 Å². The molecule has 0 aromatic heterocycles. The van der Waals surface area contributed by atoms with Crippen molar-refractivity contribution in [1.29, 1.82) is 0 Å². The van der Waals surface area contributed by atoms with Crippen molar-refractivity contribution in [2.24, 2.45) is 0 Å². The molecule has 1 rings (SSSR count). The maximum atomic E-state index is 11.6. The van der Waals surface area contributed by atoms with Gasteiger partial charge in [-0.15, -0.1) is 0 Å². The number of unbranched alkanes of at least 4 members (excludes halogenated alkanes) is 7. The quantitative estimate of drug-likeness (QED) is 0.171. The molecular formula is C27H44O5. The van der Waals surface area contributed by atoms with Crippen LogP contribution in [0.2, 0.25) is 0 Å². The molecule has 0 aliphatic heterocycles. The van der Waals surface area contributed by atoms with E-state index in [0.717, 1.165) is 44.1 Å². The highest BCUT2D eigenvalue weighted by Gasteiger charge is 2.17. The van der Waals surface area contributed by atoms with Crippen LogP contribution in [0.1, 0.15) is 109 Å². The first-order valence-corrected chi connectivity index (χ1v) is 12.6. The number of carbonyl (C=O) groups is 2. The Morgan fingerprint density at radius 2 is 1.41 bits per heavy atom. The van der Waals surface area contributed by atoms with Gasteiger partial charge in [0, 0.05) is 13.3 Å². The van der Waals surface area contributed by atoms with Crippen LogP contribution in [-0.2, 0) is 25.7 Å². The van der Waals surface area contributed by atoms with E-state index in [1.54, 1.807) is 0 Å². The van der Waals surface area contributed by atoms with Crippen LogP contribution in [0.25, 0.3) is 0 Å². The van der Waals surface area contributed by atoms with Crippen molar-refractivity contribution >= 4 is 11.9 Å². The van der Waals surface area contributed by atoms with Gasteiger partial charge in [-0.1, -0.05) is 82.2 Å². The number of aliphatic carboxylic acids is 1. The van der Waals surface area contributed by atoms with Gasteiger partial charge in [-0.3, -0.25) is 9.59 Å². The highest BCUT2D eigenvalue weighted by Crippen LogP contribution is 2.20. The first-order valence-electron chi connectivity index (χ1n) is 12.6. The number of rotatable bonds is 20. The third-order valence-electron chi connectivity index (χ3n) is 5.77. The molecule has 5 heteroatoms. The summed E-state index contributed by atoms with van der Waals surface area (Å²) in [7, 11) is 0. The molecule has 0 bridgehead atoms. The SMILES string of the molecule is CCCCCCCCCC(CCC(CCCCC(=O)O)OCc1ccccc1)OC(C)=O. The molecule has 0 saturated heterocycles. The predicted molar refractivity (Wildman–Crippen MR) is 129 cm³/mol. The fourth-order valence-corrected chi connectivity index (χ4v) is 3.95. The van der Waals surface area contributed by atoms with Gasteiger partial charge < -0.3 is 14.6 Å². The first kappa shape index (κ1) is 28.2. The molecule has 2 unspecified atom stereocenters. The standard InChI is InChI=1S/C27H44O5/c1-3-4-5-6-7-8-12-18-26(32-23(2)28)21-20-25(17-13-14-19-27(29)30)31-22-24-15-10-9-11-16-24/h9-11,15-16,25-26H,3-8,12-14,17-22H2,1-2H3,(H,29,30). The molecule has 0 aliphatic rings. The van der Waals surface area contributed by atoms with Gasteiger partial charge in [0.1, 0.15) is 6.10 Å². The van der Waals surface area contributed by atoms with Crippen molar-refractivity contribution in [3.05, 3.63) is 35.9 Å². The topological polar surface area (TPSA) is 72.8 Å². The van der Waals surface area contributed by atoms with E-state index in [0.29, 0.717) is 13.0 Å². The molecule has 32 heavy (non-hydrogen) atoms. The third-order valence-corrected chi connectivity index (χ3v) is 5.77. The van der Waals surface area contributed by atoms with Crippen molar-refractivity contribution in [3.8, 4) is 0 Å². The number of esters is 1. The zero-order chi connectivity index (χ0) is 23.4. The Kier molecular flexibility index (Phi) is 16.4. The van der Waals surface area contributed by atoms with Gasteiger partial charge in [0.15, 0.2) is 0 Å². The summed E-state index contributed by atoms with van der Waals surface area (Å²) in [6, 6.07) is 10.1. The van der Waals surface area contributed by atoms with Crippen molar-refractivity contribution in [2.45, 2.75) is 123 Å². The Morgan fingerprint density at radius 3 is 2.06 bits per heavy atom. The van der Waals surface area contributed by atoms with Crippen LogP contribution in [-0.4, -0.2) is 29.3 Å². The number of carbonyl (C=O) groups excluding carboxylic acids is 1. The number of hydrogen-bond donors (Lipinski definition) is 1. The lowest BCUT2D eigenvalue weighted by Gasteiger charge is -2.22. The van der Waals surface area contributed by atoms with E-state index in [1.165, 1.54) is 45.4 Å². The third kappa shape index (κ3) is 15.9. The molecule has 1 aromatic rings. The van der Waals surface area contributed by atoms with Crippen LogP contribution in [0, 0.1) is 0 Å². The number of carboxylic acids is 1. The minimum atomic E-state index is -0.753. The second kappa shape index (κ2) is 18.7. The highest BCUT2D eigenvalue weighted by molar-refractivity contribution is 5.66. The predicted octanol–water partition coefficient (Wildman–Crippen LogP) is 7.07. The van der Waals surface area contributed by atoms with Gasteiger partial charge in [-0.05, 0) is 44.1 Å². The maximum absolute atomic E-state index is 11.6. The van der Waals surface area contributed by atoms with Gasteiger partial charge in [0.25, 0.3) is 0 Å². The summed E-state index contributed by atoms with van der Waals surface area (Å²) >= 11 is 0. The van der Waals surface area contributed by atoms with E-state index in [2.05, 4.69) is 6.92 Å². The summed E-state index contributed by atoms with van der Waals surface area (Å²) in [5.74, 6) is -0.975. The molecule has 2 atom stereocenters. The fourth-order valence-electron chi connectivity index (χ4n) is 3.95. The largest absolute Gasteiger partial charge is 0.481 e. The van der Waals surface area contributed by atoms with Crippen LogP contribution in [0.15, 0.2) is 30.3 Å². The number of carboxylic acid groups (broad SMARTS) is 1. The second-order valence-corrected chi connectivity index (χ2v) is 8.78. The van der Waals surface area contributed by atoms with Crippen molar-refractivity contribution in [3.63, 3.8) is 0 Å². The second-order valence-electron chi connectivity index (χ2n) is 8.78. The molecule has 5 nitrogen and oxygen atoms in total. The Balaban J connectivity index is 2.47. The Morgan fingerprint density at radius 1 is 0.812 bits per heavy atom. The Bertz CT molecular complexity index is 601. The fraction of sp³-hybridized carbons (Fsp3) is 0.704. The smallest absolute Gasteiger partial charge is 0.303 e. The van der Waals surface area contributed by atoms with Crippen LogP contribution in [0.5, 0.6) is 0 Å². The zero-order valence-electron chi connectivity index (χ0n) is 20.2. The number of hydrogen-bond acceptors (Lipinski definition) is 4. The van der Waals surface area contributed by atoms with Crippen LogP contribution in [0.4, 0.5) is 0 Å². The number of benzene rings is 1. The lowest BCUT2D eigenvalue weighted by Crippen LogP contribution is -2.21.